The van der Waals surface area contributed by atoms with Crippen molar-refractivity contribution >= 4 is 17.1 Å². The molecule has 0 fully saturated rings. The third-order valence-corrected chi connectivity index (χ3v) is 2.46. The number of anilines is 1. The van der Waals surface area contributed by atoms with E-state index in [0.29, 0.717) is 0 Å². The Morgan fingerprint density at radius 1 is 1.33 bits per heavy atom. The fraction of sp³-hybridized carbons (Fsp3) is 0.500. The Balaban J connectivity index is 2.81. The smallest absolute Gasteiger partial charge is 0.307 e. The molecule has 2 aromatic rings. The molecule has 5 nitrogen and oxygen atoms in total. The summed E-state index contributed by atoms with van der Waals surface area (Å²) in [6.45, 7) is 2.01. The van der Waals surface area contributed by atoms with E-state index in [-0.39, 0.29) is 0 Å². The maximum atomic E-state index is 4.51. The SMILES string of the molecule is Cc1nc(N(C)C)nc2c1n(C)c[n+]2C. The van der Waals surface area contributed by atoms with Gasteiger partial charge in [-0.15, -0.1) is 0 Å². The van der Waals surface area contributed by atoms with E-state index in [1.54, 1.807) is 0 Å². The highest BCUT2D eigenvalue weighted by molar-refractivity contribution is 5.71. The molecule has 0 aromatic carbocycles. The molecule has 2 aromatic heterocycles. The normalized spacial score (nSPS) is 11.0. The van der Waals surface area contributed by atoms with Gasteiger partial charge >= 0.3 is 11.6 Å². The predicted octanol–water partition coefficient (Wildman–Crippen LogP) is 0.167. The number of rotatable bonds is 1. The summed E-state index contributed by atoms with van der Waals surface area (Å²) in [6.07, 6.45) is 2.01. The van der Waals surface area contributed by atoms with E-state index in [1.807, 2.05) is 55.5 Å². The number of fused-ring (bicyclic) bond motifs is 1. The molecule has 0 aliphatic carbocycles. The average molecular weight is 206 g/mol. The Morgan fingerprint density at radius 2 is 2.00 bits per heavy atom. The predicted molar refractivity (Wildman–Crippen MR) is 58.7 cm³/mol. The molecule has 0 atom stereocenters. The zero-order valence-electron chi connectivity index (χ0n) is 9.81. The zero-order chi connectivity index (χ0) is 11.2. The molecule has 0 aliphatic heterocycles. The van der Waals surface area contributed by atoms with Crippen molar-refractivity contribution in [3.05, 3.63) is 12.0 Å². The number of imidazole rings is 1. The van der Waals surface area contributed by atoms with E-state index in [1.165, 1.54) is 0 Å². The second-order valence-corrected chi connectivity index (χ2v) is 4.01. The minimum absolute atomic E-state index is 0.752. The Labute approximate surface area is 89.0 Å². The molecule has 0 amide bonds. The molecule has 0 saturated heterocycles. The summed E-state index contributed by atoms with van der Waals surface area (Å²) in [7, 11) is 7.90. The van der Waals surface area contributed by atoms with Crippen molar-refractivity contribution in [3.63, 3.8) is 0 Å². The Hall–Kier alpha value is -1.65. The van der Waals surface area contributed by atoms with E-state index in [0.717, 1.165) is 22.8 Å². The number of hydrogen-bond acceptors (Lipinski definition) is 3. The summed E-state index contributed by atoms with van der Waals surface area (Å²) >= 11 is 0. The molecule has 0 unspecified atom stereocenters. The molecule has 0 radical (unpaired) electrons. The first-order valence-electron chi connectivity index (χ1n) is 4.87. The fourth-order valence-electron chi connectivity index (χ4n) is 1.77. The number of hydrogen-bond donors (Lipinski definition) is 0. The van der Waals surface area contributed by atoms with Crippen molar-refractivity contribution in [1.82, 2.24) is 14.5 Å². The summed E-state index contributed by atoms with van der Waals surface area (Å²) < 4.78 is 4.06. The minimum Gasteiger partial charge on any atom is -0.333 e. The van der Waals surface area contributed by atoms with Gasteiger partial charge in [0.1, 0.15) is 0 Å². The number of aromatic nitrogens is 4. The van der Waals surface area contributed by atoms with Crippen LogP contribution in [0, 0.1) is 6.92 Å². The van der Waals surface area contributed by atoms with Gasteiger partial charge < -0.3 is 4.90 Å². The van der Waals surface area contributed by atoms with Crippen LogP contribution in [0.15, 0.2) is 6.33 Å². The van der Waals surface area contributed by atoms with Crippen molar-refractivity contribution in [1.29, 1.82) is 0 Å². The van der Waals surface area contributed by atoms with E-state index in [2.05, 4.69) is 9.97 Å². The van der Waals surface area contributed by atoms with Crippen LogP contribution in [-0.2, 0) is 14.1 Å². The van der Waals surface area contributed by atoms with Gasteiger partial charge in [0.2, 0.25) is 0 Å². The van der Waals surface area contributed by atoms with Crippen molar-refractivity contribution in [2.75, 3.05) is 19.0 Å². The minimum atomic E-state index is 0.752. The summed E-state index contributed by atoms with van der Waals surface area (Å²) in [5, 5.41) is 0. The van der Waals surface area contributed by atoms with Crippen molar-refractivity contribution in [3.8, 4) is 0 Å². The first-order valence-corrected chi connectivity index (χ1v) is 4.87. The van der Waals surface area contributed by atoms with E-state index >= 15 is 0 Å². The summed E-state index contributed by atoms with van der Waals surface area (Å²) in [5.41, 5.74) is 3.06. The molecule has 0 saturated carbocycles. The molecule has 2 rings (SSSR count). The first kappa shape index (κ1) is 9.89. The summed E-state index contributed by atoms with van der Waals surface area (Å²) in [4.78, 5) is 10.9. The third-order valence-electron chi connectivity index (χ3n) is 2.46. The van der Waals surface area contributed by atoms with Crippen LogP contribution in [0.2, 0.25) is 0 Å². The maximum absolute atomic E-state index is 4.51. The molecule has 0 bridgehead atoms. The zero-order valence-corrected chi connectivity index (χ0v) is 9.81. The van der Waals surface area contributed by atoms with Crippen LogP contribution in [0.25, 0.3) is 11.2 Å². The Morgan fingerprint density at radius 3 is 2.60 bits per heavy atom. The van der Waals surface area contributed by atoms with Gasteiger partial charge in [0.25, 0.3) is 0 Å². The van der Waals surface area contributed by atoms with Crippen LogP contribution in [0.3, 0.4) is 0 Å². The molecular formula is C10H16N5+. The van der Waals surface area contributed by atoms with Crippen LogP contribution in [0.4, 0.5) is 5.95 Å². The topological polar surface area (TPSA) is 37.8 Å². The molecule has 15 heavy (non-hydrogen) atoms. The van der Waals surface area contributed by atoms with E-state index in [9.17, 15) is 0 Å². The molecule has 0 spiro atoms. The summed E-state index contributed by atoms with van der Waals surface area (Å²) in [6, 6.07) is 0. The Kier molecular flexibility index (Phi) is 2.10. The standard InChI is InChI=1S/C10H16N5/c1-7-8-9(15(5)6-14(8)4)12-10(11-7)13(2)3/h6H,1-5H3/q+1. The van der Waals surface area contributed by atoms with Crippen LogP contribution in [0.1, 0.15) is 5.69 Å². The largest absolute Gasteiger partial charge is 0.333 e. The third kappa shape index (κ3) is 1.44. The lowest BCUT2D eigenvalue weighted by Gasteiger charge is -2.06. The van der Waals surface area contributed by atoms with Gasteiger partial charge in [-0.3, -0.25) is 4.57 Å². The van der Waals surface area contributed by atoms with Crippen molar-refractivity contribution in [2.45, 2.75) is 6.92 Å². The average Bonchev–Trinajstić information content (AvgIpc) is 2.42. The second kappa shape index (κ2) is 3.18. The highest BCUT2D eigenvalue weighted by Crippen LogP contribution is 2.14. The lowest BCUT2D eigenvalue weighted by molar-refractivity contribution is -0.647. The second-order valence-electron chi connectivity index (χ2n) is 4.01. The lowest BCUT2D eigenvalue weighted by atomic mass is 10.4. The summed E-state index contributed by atoms with van der Waals surface area (Å²) in [5.74, 6) is 0.752. The molecule has 0 aliphatic rings. The lowest BCUT2D eigenvalue weighted by Crippen LogP contribution is -2.27. The Bertz CT molecular complexity index is 512. The molecule has 5 heteroatoms. The van der Waals surface area contributed by atoms with Gasteiger partial charge in [-0.05, 0) is 6.92 Å². The van der Waals surface area contributed by atoms with Gasteiger partial charge in [-0.2, -0.15) is 4.98 Å². The van der Waals surface area contributed by atoms with Gasteiger partial charge in [-0.1, -0.05) is 4.98 Å². The van der Waals surface area contributed by atoms with Crippen LogP contribution >= 0.6 is 0 Å². The van der Waals surface area contributed by atoms with E-state index in [4.69, 9.17) is 0 Å². The van der Waals surface area contributed by atoms with Gasteiger partial charge in [0.05, 0.1) is 19.8 Å². The molecule has 2 heterocycles. The highest BCUT2D eigenvalue weighted by Gasteiger charge is 2.18. The van der Waals surface area contributed by atoms with E-state index < -0.39 is 0 Å². The van der Waals surface area contributed by atoms with Gasteiger partial charge in [0, 0.05) is 14.1 Å². The number of aryl methyl sites for hydroxylation is 3. The maximum Gasteiger partial charge on any atom is 0.307 e. The number of nitrogens with zero attached hydrogens (tertiary/aromatic N) is 5. The quantitative estimate of drug-likeness (QED) is 0.624. The van der Waals surface area contributed by atoms with Gasteiger partial charge in [-0.25, -0.2) is 4.57 Å². The van der Waals surface area contributed by atoms with Crippen molar-refractivity contribution in [2.24, 2.45) is 14.1 Å². The molecular weight excluding hydrogens is 190 g/mol. The molecule has 80 valence electrons. The van der Waals surface area contributed by atoms with Crippen LogP contribution in [-0.4, -0.2) is 28.6 Å². The van der Waals surface area contributed by atoms with Crippen LogP contribution in [0.5, 0.6) is 0 Å². The van der Waals surface area contributed by atoms with Gasteiger partial charge in [0.15, 0.2) is 11.8 Å². The van der Waals surface area contributed by atoms with Crippen molar-refractivity contribution < 1.29 is 4.57 Å². The first-order chi connectivity index (χ1) is 7.00. The molecule has 0 N–H and O–H groups in total. The fourth-order valence-corrected chi connectivity index (χ4v) is 1.77. The highest BCUT2D eigenvalue weighted by atomic mass is 15.3. The van der Waals surface area contributed by atoms with Crippen LogP contribution < -0.4 is 9.47 Å². The monoisotopic (exact) mass is 206 g/mol.